The molecule has 3 aliphatic rings. The van der Waals surface area contributed by atoms with Gasteiger partial charge in [0, 0.05) is 11.6 Å². The smallest absolute Gasteiger partial charge is 0.256 e. The van der Waals surface area contributed by atoms with Crippen LogP contribution in [0, 0.1) is 5.82 Å². The van der Waals surface area contributed by atoms with Crippen LogP contribution in [0.3, 0.4) is 0 Å². The summed E-state index contributed by atoms with van der Waals surface area (Å²) in [5.74, 6) is -0.938. The van der Waals surface area contributed by atoms with Gasteiger partial charge in [-0.1, -0.05) is 12.5 Å². The van der Waals surface area contributed by atoms with Crippen LogP contribution in [-0.2, 0) is 9.53 Å². The standard InChI is InChI=1S/C19H23FN2O3/c20-14-6-4-5-13(11-14)18(24)22-16(17(23)21-15-7-8-15)12-25-19(22)9-2-1-3-10-19/h4-6,11,15-16H,1-3,7-10,12H2,(H,21,23)/t16-/m0/s1. The van der Waals surface area contributed by atoms with Gasteiger partial charge in [0.1, 0.15) is 17.6 Å². The highest BCUT2D eigenvalue weighted by molar-refractivity contribution is 5.98. The minimum Gasteiger partial charge on any atom is -0.353 e. The number of halogens is 1. The Labute approximate surface area is 146 Å². The molecular weight excluding hydrogens is 323 g/mol. The molecule has 2 aliphatic carbocycles. The molecule has 1 spiro atoms. The van der Waals surface area contributed by atoms with Gasteiger partial charge in [0.2, 0.25) is 5.91 Å². The molecule has 0 bridgehead atoms. The Balaban J connectivity index is 1.65. The highest BCUT2D eigenvalue weighted by atomic mass is 19.1. The zero-order valence-electron chi connectivity index (χ0n) is 14.2. The van der Waals surface area contributed by atoms with Gasteiger partial charge < -0.3 is 10.1 Å². The normalized spacial score (nSPS) is 25.2. The lowest BCUT2D eigenvalue weighted by Gasteiger charge is -2.41. The number of amides is 2. The third-order valence-electron chi connectivity index (χ3n) is 5.41. The first-order valence-electron chi connectivity index (χ1n) is 9.13. The third-order valence-corrected chi connectivity index (χ3v) is 5.41. The van der Waals surface area contributed by atoms with Crippen LogP contribution >= 0.6 is 0 Å². The van der Waals surface area contributed by atoms with Gasteiger partial charge in [0.25, 0.3) is 5.91 Å². The molecule has 1 aliphatic heterocycles. The maximum Gasteiger partial charge on any atom is 0.256 e. The van der Waals surface area contributed by atoms with Crippen LogP contribution in [0.15, 0.2) is 24.3 Å². The monoisotopic (exact) mass is 346 g/mol. The second-order valence-corrected chi connectivity index (χ2v) is 7.30. The van der Waals surface area contributed by atoms with Crippen LogP contribution in [0.25, 0.3) is 0 Å². The molecule has 6 heteroatoms. The summed E-state index contributed by atoms with van der Waals surface area (Å²) in [6.07, 6.45) is 6.45. The highest BCUT2D eigenvalue weighted by Crippen LogP contribution is 2.41. The Morgan fingerprint density at radius 3 is 2.64 bits per heavy atom. The third kappa shape index (κ3) is 3.15. The van der Waals surface area contributed by atoms with Gasteiger partial charge in [0.15, 0.2) is 0 Å². The number of carbonyl (C=O) groups excluding carboxylic acids is 2. The van der Waals surface area contributed by atoms with Gasteiger partial charge in [-0.2, -0.15) is 0 Å². The average molecular weight is 346 g/mol. The maximum atomic E-state index is 13.6. The molecule has 1 atom stereocenters. The maximum absolute atomic E-state index is 13.6. The molecule has 0 radical (unpaired) electrons. The van der Waals surface area contributed by atoms with Gasteiger partial charge in [-0.05, 0) is 56.7 Å². The first-order valence-corrected chi connectivity index (χ1v) is 9.13. The molecule has 2 saturated carbocycles. The number of benzene rings is 1. The predicted molar refractivity (Wildman–Crippen MR) is 89.3 cm³/mol. The van der Waals surface area contributed by atoms with Crippen molar-refractivity contribution in [3.8, 4) is 0 Å². The SMILES string of the molecule is O=C(NC1CC1)[C@@H]1COC2(CCCCC2)N1C(=O)c1cccc(F)c1. The Morgan fingerprint density at radius 1 is 1.20 bits per heavy atom. The Bertz CT molecular complexity index is 683. The van der Waals surface area contributed by atoms with E-state index in [1.54, 1.807) is 11.0 Å². The predicted octanol–water partition coefficient (Wildman–Crippen LogP) is 2.61. The van der Waals surface area contributed by atoms with Gasteiger partial charge >= 0.3 is 0 Å². The van der Waals surface area contributed by atoms with E-state index >= 15 is 0 Å². The van der Waals surface area contributed by atoms with Gasteiger partial charge in [-0.25, -0.2) is 4.39 Å². The molecule has 25 heavy (non-hydrogen) atoms. The van der Waals surface area contributed by atoms with E-state index in [-0.39, 0.29) is 30.0 Å². The number of carbonyl (C=O) groups is 2. The first kappa shape index (κ1) is 16.5. The molecular formula is C19H23FN2O3. The molecule has 2 amide bonds. The van der Waals surface area contributed by atoms with E-state index in [1.807, 2.05) is 0 Å². The van der Waals surface area contributed by atoms with Crippen molar-refractivity contribution in [2.45, 2.75) is 62.8 Å². The average Bonchev–Trinajstić information content (AvgIpc) is 3.35. The van der Waals surface area contributed by atoms with Crippen LogP contribution in [0.4, 0.5) is 4.39 Å². The van der Waals surface area contributed by atoms with E-state index in [1.165, 1.54) is 18.2 Å². The summed E-state index contributed by atoms with van der Waals surface area (Å²) < 4.78 is 19.7. The summed E-state index contributed by atoms with van der Waals surface area (Å²) >= 11 is 0. The largest absolute Gasteiger partial charge is 0.353 e. The number of rotatable bonds is 3. The summed E-state index contributed by atoms with van der Waals surface area (Å²) in [5.41, 5.74) is -0.465. The summed E-state index contributed by atoms with van der Waals surface area (Å²) in [5, 5.41) is 2.98. The van der Waals surface area contributed by atoms with E-state index in [4.69, 9.17) is 4.74 Å². The molecule has 1 saturated heterocycles. The van der Waals surface area contributed by atoms with E-state index in [0.717, 1.165) is 44.9 Å². The first-order chi connectivity index (χ1) is 12.1. The fourth-order valence-electron chi connectivity index (χ4n) is 3.96. The molecule has 1 aromatic rings. The van der Waals surface area contributed by atoms with E-state index in [0.29, 0.717) is 0 Å². The lowest BCUT2D eigenvalue weighted by Crippen LogP contribution is -2.56. The second kappa shape index (κ2) is 6.41. The van der Waals surface area contributed by atoms with Crippen molar-refractivity contribution in [1.29, 1.82) is 0 Å². The Hall–Kier alpha value is -1.95. The fourth-order valence-corrected chi connectivity index (χ4v) is 3.96. The van der Waals surface area contributed by atoms with Gasteiger partial charge in [0.05, 0.1) is 6.61 Å². The molecule has 1 N–H and O–H groups in total. The topological polar surface area (TPSA) is 58.6 Å². The van der Waals surface area contributed by atoms with E-state index in [2.05, 4.69) is 5.32 Å². The molecule has 1 heterocycles. The van der Waals surface area contributed by atoms with Crippen LogP contribution < -0.4 is 5.32 Å². The number of nitrogens with zero attached hydrogens (tertiary/aromatic N) is 1. The zero-order chi connectivity index (χ0) is 17.4. The second-order valence-electron chi connectivity index (χ2n) is 7.30. The number of nitrogens with one attached hydrogen (secondary N) is 1. The van der Waals surface area contributed by atoms with Crippen molar-refractivity contribution in [2.24, 2.45) is 0 Å². The lowest BCUT2D eigenvalue weighted by atomic mass is 9.89. The lowest BCUT2D eigenvalue weighted by molar-refractivity contribution is -0.127. The summed E-state index contributed by atoms with van der Waals surface area (Å²) in [6.45, 7) is 0.208. The molecule has 3 fully saturated rings. The Kier molecular flexibility index (Phi) is 4.23. The molecule has 5 nitrogen and oxygen atoms in total. The van der Waals surface area contributed by atoms with E-state index < -0.39 is 17.6 Å². The zero-order valence-corrected chi connectivity index (χ0v) is 14.2. The fraction of sp³-hybridized carbons (Fsp3) is 0.579. The quantitative estimate of drug-likeness (QED) is 0.915. The highest BCUT2D eigenvalue weighted by Gasteiger charge is 2.53. The van der Waals surface area contributed by atoms with Crippen LogP contribution in [0.1, 0.15) is 55.3 Å². The Morgan fingerprint density at radius 2 is 1.96 bits per heavy atom. The summed E-state index contributed by atoms with van der Waals surface area (Å²) in [7, 11) is 0. The molecule has 0 aromatic heterocycles. The van der Waals surface area contributed by atoms with Crippen LogP contribution in [-0.4, -0.2) is 41.1 Å². The number of ether oxygens (including phenoxy) is 1. The number of hydrogen-bond donors (Lipinski definition) is 1. The number of hydrogen-bond acceptors (Lipinski definition) is 3. The van der Waals surface area contributed by atoms with Gasteiger partial charge in [-0.3, -0.25) is 14.5 Å². The van der Waals surface area contributed by atoms with E-state index in [9.17, 15) is 14.0 Å². The van der Waals surface area contributed by atoms with Crippen molar-refractivity contribution in [3.63, 3.8) is 0 Å². The van der Waals surface area contributed by atoms with Crippen molar-refractivity contribution in [2.75, 3.05) is 6.61 Å². The molecule has 134 valence electrons. The van der Waals surface area contributed by atoms with Crippen LogP contribution in [0.2, 0.25) is 0 Å². The summed E-state index contributed by atoms with van der Waals surface area (Å²) in [4.78, 5) is 27.5. The molecule has 1 aromatic carbocycles. The molecule has 4 rings (SSSR count). The summed E-state index contributed by atoms with van der Waals surface area (Å²) in [6, 6.07) is 5.23. The van der Waals surface area contributed by atoms with Crippen molar-refractivity contribution in [3.05, 3.63) is 35.6 Å². The van der Waals surface area contributed by atoms with Crippen LogP contribution in [0.5, 0.6) is 0 Å². The molecule has 0 unspecified atom stereocenters. The van der Waals surface area contributed by atoms with Crippen molar-refractivity contribution < 1.29 is 18.7 Å². The minimum atomic E-state index is -0.729. The van der Waals surface area contributed by atoms with Crippen molar-refractivity contribution in [1.82, 2.24) is 10.2 Å². The van der Waals surface area contributed by atoms with Crippen molar-refractivity contribution >= 4 is 11.8 Å². The minimum absolute atomic E-state index is 0.158. The van der Waals surface area contributed by atoms with Gasteiger partial charge in [-0.15, -0.1) is 0 Å².